The van der Waals surface area contributed by atoms with E-state index in [4.69, 9.17) is 35.3 Å². The van der Waals surface area contributed by atoms with Crippen molar-refractivity contribution in [2.24, 2.45) is 0 Å². The number of halogens is 1. The Morgan fingerprint density at radius 1 is 0.905 bits per heavy atom. The van der Waals surface area contributed by atoms with Crippen LogP contribution in [0.5, 0.6) is 17.2 Å². The Labute approximate surface area is 253 Å². The lowest BCUT2D eigenvalue weighted by atomic mass is 10.1. The number of methoxy groups -OCH3 is 2. The average Bonchev–Trinajstić information content (AvgIpc) is 3.24. The van der Waals surface area contributed by atoms with E-state index in [9.17, 15) is 9.59 Å². The molecule has 2 aromatic rings. The van der Waals surface area contributed by atoms with Crippen molar-refractivity contribution in [2.75, 3.05) is 66.7 Å². The molecule has 4 rings (SSSR count). The summed E-state index contributed by atoms with van der Waals surface area (Å²) < 4.78 is 28.7. The monoisotopic (exact) mass is 602 g/mol. The fourth-order valence-electron chi connectivity index (χ4n) is 5.44. The van der Waals surface area contributed by atoms with Gasteiger partial charge in [0.15, 0.2) is 11.5 Å². The van der Waals surface area contributed by atoms with Crippen LogP contribution in [-0.2, 0) is 15.9 Å². The summed E-state index contributed by atoms with van der Waals surface area (Å²) in [5, 5.41) is 0.651. The molecular weight excluding hydrogens is 560 g/mol. The molecule has 0 aliphatic carbocycles. The molecule has 2 aliphatic heterocycles. The van der Waals surface area contributed by atoms with Crippen LogP contribution in [0.3, 0.4) is 0 Å². The number of carbonyl (C=O) groups is 2. The fourth-order valence-corrected chi connectivity index (χ4v) is 5.69. The van der Waals surface area contributed by atoms with Gasteiger partial charge in [-0.1, -0.05) is 18.5 Å². The number of rotatable bonds is 5. The maximum atomic E-state index is 13.2. The smallest absolute Gasteiger partial charge is 0.338 e. The highest BCUT2D eigenvalue weighted by Gasteiger charge is 2.22. The number of esters is 2. The molecule has 0 radical (unpaired) electrons. The zero-order chi connectivity index (χ0) is 29.9. The molecule has 3 atom stereocenters. The number of ether oxygens (including phenoxy) is 5. The molecular formula is C32H43ClN2O7. The predicted octanol–water partition coefficient (Wildman–Crippen LogP) is 5.26. The summed E-state index contributed by atoms with van der Waals surface area (Å²) in [5.74, 6) is 0.426. The minimum Gasteiger partial charge on any atom is -0.493 e. The molecule has 4 bridgehead atoms. The summed E-state index contributed by atoms with van der Waals surface area (Å²) in [5.41, 5.74) is 1.77. The first kappa shape index (κ1) is 31.9. The van der Waals surface area contributed by atoms with Crippen molar-refractivity contribution >= 4 is 23.5 Å². The van der Waals surface area contributed by atoms with E-state index in [1.54, 1.807) is 24.3 Å². The van der Waals surface area contributed by atoms with Crippen LogP contribution in [0, 0.1) is 0 Å². The van der Waals surface area contributed by atoms with E-state index >= 15 is 0 Å². The number of aryl methyl sites for hydroxylation is 1. The van der Waals surface area contributed by atoms with Crippen molar-refractivity contribution in [1.82, 2.24) is 9.80 Å². The summed E-state index contributed by atoms with van der Waals surface area (Å²) in [6, 6.07) is 8.53. The van der Waals surface area contributed by atoms with Crippen LogP contribution in [-0.4, -0.2) is 94.5 Å². The normalized spacial score (nSPS) is 22.4. The zero-order valence-electron chi connectivity index (χ0n) is 25.0. The van der Waals surface area contributed by atoms with Gasteiger partial charge in [0.1, 0.15) is 6.10 Å². The van der Waals surface area contributed by atoms with Crippen LogP contribution in [0.4, 0.5) is 0 Å². The molecule has 0 spiro atoms. The maximum Gasteiger partial charge on any atom is 0.338 e. The molecule has 3 unspecified atom stereocenters. The minimum atomic E-state index is -0.429. The Hall–Kier alpha value is -3.01. The van der Waals surface area contributed by atoms with Gasteiger partial charge in [-0.15, -0.1) is 0 Å². The van der Waals surface area contributed by atoms with Gasteiger partial charge in [-0.2, -0.15) is 0 Å². The average molecular weight is 603 g/mol. The van der Waals surface area contributed by atoms with Gasteiger partial charge in [0.25, 0.3) is 0 Å². The van der Waals surface area contributed by atoms with Crippen molar-refractivity contribution in [3.05, 3.63) is 52.0 Å². The highest BCUT2D eigenvalue weighted by atomic mass is 35.5. The molecule has 0 amide bonds. The zero-order valence-corrected chi connectivity index (χ0v) is 25.7. The Balaban J connectivity index is 1.52. The van der Waals surface area contributed by atoms with Gasteiger partial charge in [0, 0.05) is 31.2 Å². The fraction of sp³-hybridized carbons (Fsp3) is 0.562. The predicted molar refractivity (Wildman–Crippen MR) is 161 cm³/mol. The molecule has 1 fully saturated rings. The molecule has 2 heterocycles. The molecule has 9 nitrogen and oxygen atoms in total. The summed E-state index contributed by atoms with van der Waals surface area (Å²) >= 11 is 6.27. The number of hydrogen-bond acceptors (Lipinski definition) is 9. The molecule has 10 heteroatoms. The Morgan fingerprint density at radius 3 is 2.38 bits per heavy atom. The van der Waals surface area contributed by atoms with E-state index in [-0.39, 0.29) is 12.1 Å². The van der Waals surface area contributed by atoms with Crippen LogP contribution in [0.1, 0.15) is 65.3 Å². The van der Waals surface area contributed by atoms with Gasteiger partial charge in [0.2, 0.25) is 5.75 Å². The van der Waals surface area contributed by atoms with Gasteiger partial charge in [-0.25, -0.2) is 9.59 Å². The van der Waals surface area contributed by atoms with Crippen LogP contribution < -0.4 is 14.2 Å². The van der Waals surface area contributed by atoms with E-state index in [2.05, 4.69) is 9.80 Å². The van der Waals surface area contributed by atoms with Gasteiger partial charge in [0.05, 0.1) is 38.6 Å². The number of carbonyl (C=O) groups excluding carboxylic acids is 2. The summed E-state index contributed by atoms with van der Waals surface area (Å²) in [4.78, 5) is 30.9. The van der Waals surface area contributed by atoms with Crippen molar-refractivity contribution in [3.63, 3.8) is 0 Å². The second kappa shape index (κ2) is 16.0. The van der Waals surface area contributed by atoms with Crippen molar-refractivity contribution in [1.29, 1.82) is 0 Å². The standard InChI is InChI=1S/C32H43ClN2O7/c1-4-23-20-24(9-10-27(23)33)32(37)42-26-8-5-18-40-29-22-25(21-28(38-2)30(29)39-3)31(36)41-19-7-14-34-12-6-13-35(15-11-26)17-16-34/h9-10,20-22,26H,4-8,11-19H2,1-3H3. The van der Waals surface area contributed by atoms with Crippen LogP contribution >= 0.6 is 11.6 Å². The molecule has 1 saturated heterocycles. The minimum absolute atomic E-state index is 0.277. The SMILES string of the molecule is CCc1cc(C(=O)OC2CCCOc3cc(cc(OC)c3OC)C(=O)OCCCN3CCCN(CC2)CC3)ccc1Cl. The highest BCUT2D eigenvalue weighted by molar-refractivity contribution is 6.31. The summed E-state index contributed by atoms with van der Waals surface area (Å²) in [7, 11) is 3.05. The quantitative estimate of drug-likeness (QED) is 0.425. The first-order valence-electron chi connectivity index (χ1n) is 14.9. The topological polar surface area (TPSA) is 86.8 Å². The number of benzene rings is 2. The van der Waals surface area contributed by atoms with Crippen molar-refractivity contribution in [2.45, 2.75) is 51.6 Å². The summed E-state index contributed by atoms with van der Waals surface area (Å²) in [6.07, 6.45) is 4.27. The molecule has 0 N–H and O–H groups in total. The van der Waals surface area contributed by atoms with Gasteiger partial charge >= 0.3 is 11.9 Å². The number of cyclic esters (lactones) is 1. The second-order valence-electron chi connectivity index (χ2n) is 10.7. The third-order valence-electron chi connectivity index (χ3n) is 7.84. The largest absolute Gasteiger partial charge is 0.493 e. The van der Waals surface area contributed by atoms with E-state index in [0.717, 1.165) is 70.5 Å². The third kappa shape index (κ3) is 8.75. The van der Waals surface area contributed by atoms with Crippen LogP contribution in [0.2, 0.25) is 5.02 Å². The van der Waals surface area contributed by atoms with Gasteiger partial charge in [-0.3, -0.25) is 0 Å². The lowest BCUT2D eigenvalue weighted by molar-refractivity contribution is 0.0221. The van der Waals surface area contributed by atoms with E-state index in [0.29, 0.717) is 59.5 Å². The molecule has 0 saturated carbocycles. The number of nitrogens with zero attached hydrogens (tertiary/aromatic N) is 2. The molecule has 230 valence electrons. The Kier molecular flexibility index (Phi) is 12.2. The van der Waals surface area contributed by atoms with Crippen molar-refractivity contribution < 1.29 is 33.3 Å². The Morgan fingerprint density at radius 2 is 1.64 bits per heavy atom. The lowest BCUT2D eigenvalue weighted by Crippen LogP contribution is -2.34. The van der Waals surface area contributed by atoms with Crippen LogP contribution in [0.15, 0.2) is 30.3 Å². The first-order chi connectivity index (χ1) is 20.4. The molecule has 2 aromatic carbocycles. The lowest BCUT2D eigenvalue weighted by Gasteiger charge is -2.24. The maximum absolute atomic E-state index is 13.2. The molecule has 0 aromatic heterocycles. The number of fused-ring (bicyclic) bond motifs is 5. The highest BCUT2D eigenvalue weighted by Crippen LogP contribution is 2.39. The summed E-state index contributed by atoms with van der Waals surface area (Å²) in [6.45, 7) is 8.31. The van der Waals surface area contributed by atoms with Crippen molar-refractivity contribution in [3.8, 4) is 17.2 Å². The van der Waals surface area contributed by atoms with E-state index in [1.807, 2.05) is 13.0 Å². The third-order valence-corrected chi connectivity index (χ3v) is 8.21. The first-order valence-corrected chi connectivity index (χ1v) is 15.3. The van der Waals surface area contributed by atoms with Gasteiger partial charge in [-0.05, 0) is 87.5 Å². The number of hydrogen-bond donors (Lipinski definition) is 0. The van der Waals surface area contributed by atoms with E-state index < -0.39 is 5.97 Å². The van der Waals surface area contributed by atoms with E-state index in [1.165, 1.54) is 14.2 Å². The second-order valence-corrected chi connectivity index (χ2v) is 11.1. The Bertz CT molecular complexity index is 1210. The van der Waals surface area contributed by atoms with Gasteiger partial charge < -0.3 is 33.5 Å². The molecule has 2 aliphatic rings. The van der Waals surface area contributed by atoms with Crippen LogP contribution in [0.25, 0.3) is 0 Å². The molecule has 42 heavy (non-hydrogen) atoms.